The number of imidazole rings is 1. The Bertz CT molecular complexity index is 2470. The number of hydrogen-bond donors (Lipinski definition) is 2. The molecule has 2 N–H and O–H groups in total. The Hall–Kier alpha value is -5.95. The fourth-order valence-electron chi connectivity index (χ4n) is 9.60. The number of benzene rings is 4. The zero-order valence-electron chi connectivity index (χ0n) is 39.6. The monoisotopic (exact) mass is 934 g/mol. The van der Waals surface area contributed by atoms with Crippen molar-refractivity contribution in [1.29, 1.82) is 0 Å². The summed E-state index contributed by atoms with van der Waals surface area (Å²) < 4.78 is 46.7. The van der Waals surface area contributed by atoms with E-state index in [1.165, 1.54) is 12.1 Å². The van der Waals surface area contributed by atoms with Gasteiger partial charge in [-0.15, -0.1) is 0 Å². The topological polar surface area (TPSA) is 184 Å². The number of non-ortho nitro benzene ring substituents is 1. The molecule has 4 atom stereocenters. The van der Waals surface area contributed by atoms with Crippen LogP contribution in [0.4, 0.5) is 11.6 Å². The summed E-state index contributed by atoms with van der Waals surface area (Å²) in [4.78, 5) is 24.9. The summed E-state index contributed by atoms with van der Waals surface area (Å²) in [5.41, 5.74) is 3.82. The first-order valence-corrected chi connectivity index (χ1v) is 24.8. The van der Waals surface area contributed by atoms with E-state index >= 15 is 0 Å². The predicted octanol–water partition coefficient (Wildman–Crippen LogP) is 9.22. The summed E-state index contributed by atoms with van der Waals surface area (Å²) >= 11 is 0. The first-order chi connectivity index (χ1) is 32.3. The second-order valence-corrected chi connectivity index (χ2v) is 23.0. The molecule has 0 spiro atoms. The quantitative estimate of drug-likeness (QED) is 0.0216. The SMILES string of the molecule is CNc1nc(OCCc2ccc([N+](=O)[O-])cc2)c2ncn([C@@H]3O[C@H](COC(c4ccccc4)(c4ccc(OC)cc4)c4ccc(OC)cc4)[C@@H](O)[C@H]3OCO[Si](C(C)C)(C(C)C)C(C)C)c2n1. The third-order valence-corrected chi connectivity index (χ3v) is 18.9. The Morgan fingerprint density at radius 3 is 1.96 bits per heavy atom. The van der Waals surface area contributed by atoms with E-state index < -0.39 is 43.4 Å². The summed E-state index contributed by atoms with van der Waals surface area (Å²) in [7, 11) is 2.57. The highest BCUT2D eigenvalue weighted by molar-refractivity contribution is 6.77. The van der Waals surface area contributed by atoms with Crippen LogP contribution in [0.3, 0.4) is 0 Å². The molecule has 1 saturated heterocycles. The summed E-state index contributed by atoms with van der Waals surface area (Å²) in [6.07, 6.45) is -2.00. The van der Waals surface area contributed by atoms with Gasteiger partial charge in [0.05, 0.1) is 38.7 Å². The van der Waals surface area contributed by atoms with Crippen LogP contribution in [0, 0.1) is 10.1 Å². The number of nitro groups is 1. The van der Waals surface area contributed by atoms with Crippen molar-refractivity contribution in [2.24, 2.45) is 0 Å². The number of rotatable bonds is 22. The number of aromatic nitrogens is 4. The molecular weight excluding hydrogens is 873 g/mol. The second kappa shape index (κ2) is 21.3. The van der Waals surface area contributed by atoms with Crippen LogP contribution in [0.15, 0.2) is 109 Å². The smallest absolute Gasteiger partial charge is 0.269 e. The summed E-state index contributed by atoms with van der Waals surface area (Å²) in [6, 6.07) is 31.8. The van der Waals surface area contributed by atoms with E-state index in [1.54, 1.807) is 44.3 Å². The van der Waals surface area contributed by atoms with Gasteiger partial charge >= 0.3 is 0 Å². The molecule has 356 valence electrons. The van der Waals surface area contributed by atoms with Gasteiger partial charge in [0.25, 0.3) is 5.69 Å². The average Bonchev–Trinajstić information content (AvgIpc) is 3.90. The maximum atomic E-state index is 12.5. The van der Waals surface area contributed by atoms with Crippen LogP contribution in [0.25, 0.3) is 11.2 Å². The standard InChI is InChI=1S/C50H62N6O10Si/c1-32(2)67(33(3)4,34(5)6)65-31-63-45-44(57)42(29-64-50(36-13-11-10-12-14-36,37-17-23-40(60-8)24-18-37)38-19-25-41(61-9)26-20-38)66-48(45)55-30-52-43-46(55)53-49(51-7)54-47(43)62-28-27-35-15-21-39(22-16-35)56(58)59/h10-26,30,32-34,42,44-45,48,57H,27-29,31H2,1-9H3,(H,51,53,54)/t42-,44-,45-,48-/m1/s1. The number of nitrogens with zero attached hydrogens (tertiary/aromatic N) is 5. The van der Waals surface area contributed by atoms with Crippen LogP contribution < -0.4 is 19.5 Å². The van der Waals surface area contributed by atoms with Crippen molar-refractivity contribution in [1.82, 2.24) is 19.5 Å². The number of aliphatic hydroxyl groups is 1. The van der Waals surface area contributed by atoms with Crippen molar-refractivity contribution in [2.75, 3.05) is 46.6 Å². The highest BCUT2D eigenvalue weighted by Gasteiger charge is 2.50. The molecule has 0 amide bonds. The molecule has 17 heteroatoms. The Balaban J connectivity index is 1.25. The molecule has 3 heterocycles. The van der Waals surface area contributed by atoms with E-state index in [0.717, 1.165) is 22.3 Å². The van der Waals surface area contributed by atoms with Gasteiger partial charge in [-0.05, 0) is 63.1 Å². The van der Waals surface area contributed by atoms with Crippen LogP contribution in [-0.2, 0) is 30.7 Å². The Morgan fingerprint density at radius 1 is 0.836 bits per heavy atom. The lowest BCUT2D eigenvalue weighted by Gasteiger charge is -2.42. The zero-order chi connectivity index (χ0) is 47.9. The van der Waals surface area contributed by atoms with Crippen molar-refractivity contribution in [3.63, 3.8) is 0 Å². The molecule has 0 saturated carbocycles. The number of fused-ring (bicyclic) bond motifs is 1. The summed E-state index contributed by atoms with van der Waals surface area (Å²) in [5.74, 6) is 1.88. The highest BCUT2D eigenvalue weighted by atomic mass is 28.4. The lowest BCUT2D eigenvalue weighted by Crippen LogP contribution is -2.49. The van der Waals surface area contributed by atoms with E-state index in [-0.39, 0.29) is 37.5 Å². The van der Waals surface area contributed by atoms with Crippen molar-refractivity contribution < 1.29 is 42.9 Å². The summed E-state index contributed by atoms with van der Waals surface area (Å²) in [6.45, 7) is 13.3. The number of methoxy groups -OCH3 is 2. The Labute approximate surface area is 392 Å². The molecule has 67 heavy (non-hydrogen) atoms. The average molecular weight is 935 g/mol. The van der Waals surface area contributed by atoms with Crippen molar-refractivity contribution in [3.05, 3.63) is 142 Å². The van der Waals surface area contributed by atoms with Crippen LogP contribution in [0.5, 0.6) is 17.4 Å². The first kappa shape index (κ1) is 49.0. The molecule has 1 aliphatic heterocycles. The number of nitro benzene ring substituents is 1. The van der Waals surface area contributed by atoms with Crippen molar-refractivity contribution in [2.45, 2.75) is 94.7 Å². The minimum absolute atomic E-state index is 0.0134. The predicted molar refractivity (Wildman–Crippen MR) is 257 cm³/mol. The Morgan fingerprint density at radius 2 is 1.42 bits per heavy atom. The van der Waals surface area contributed by atoms with E-state index in [2.05, 4.69) is 51.8 Å². The van der Waals surface area contributed by atoms with Crippen molar-refractivity contribution in [3.8, 4) is 17.4 Å². The molecule has 1 aliphatic rings. The minimum Gasteiger partial charge on any atom is -0.497 e. The van der Waals surface area contributed by atoms with Gasteiger partial charge in [-0.25, -0.2) is 4.98 Å². The molecule has 7 rings (SSSR count). The third kappa shape index (κ3) is 10.0. The van der Waals surface area contributed by atoms with Gasteiger partial charge < -0.3 is 43.3 Å². The molecule has 6 aromatic rings. The van der Waals surface area contributed by atoms with Gasteiger partial charge in [0.2, 0.25) is 20.1 Å². The van der Waals surface area contributed by atoms with E-state index in [4.69, 9.17) is 42.8 Å². The minimum atomic E-state index is -2.39. The maximum absolute atomic E-state index is 12.5. The number of aliphatic hydroxyl groups excluding tert-OH is 1. The fraction of sp³-hybridized carbons (Fsp3) is 0.420. The van der Waals surface area contributed by atoms with Crippen LogP contribution in [-0.4, -0.2) is 97.5 Å². The number of nitrogens with one attached hydrogen (secondary N) is 1. The number of hydrogen-bond acceptors (Lipinski definition) is 14. The molecule has 0 unspecified atom stereocenters. The van der Waals surface area contributed by atoms with Crippen molar-refractivity contribution >= 4 is 31.1 Å². The Kier molecular flexibility index (Phi) is 15.6. The van der Waals surface area contributed by atoms with Gasteiger partial charge in [0, 0.05) is 25.6 Å². The first-order valence-electron chi connectivity index (χ1n) is 22.6. The van der Waals surface area contributed by atoms with Gasteiger partial charge in [0.1, 0.15) is 42.2 Å². The van der Waals surface area contributed by atoms with E-state index in [0.29, 0.717) is 45.7 Å². The van der Waals surface area contributed by atoms with Gasteiger partial charge in [0.15, 0.2) is 17.4 Å². The molecule has 0 bridgehead atoms. The second-order valence-electron chi connectivity index (χ2n) is 17.5. The van der Waals surface area contributed by atoms with Crippen LogP contribution in [0.2, 0.25) is 16.6 Å². The van der Waals surface area contributed by atoms with E-state index in [1.807, 2.05) is 78.9 Å². The molecule has 0 aliphatic carbocycles. The molecule has 2 aromatic heterocycles. The summed E-state index contributed by atoms with van der Waals surface area (Å²) in [5, 5.41) is 26.7. The van der Waals surface area contributed by atoms with E-state index in [9.17, 15) is 15.2 Å². The third-order valence-electron chi connectivity index (χ3n) is 12.9. The zero-order valence-corrected chi connectivity index (χ0v) is 40.6. The maximum Gasteiger partial charge on any atom is 0.269 e. The highest BCUT2D eigenvalue weighted by Crippen LogP contribution is 2.45. The van der Waals surface area contributed by atoms with Gasteiger partial charge in [-0.3, -0.25) is 14.7 Å². The van der Waals surface area contributed by atoms with Gasteiger partial charge in [-0.1, -0.05) is 108 Å². The molecule has 0 radical (unpaired) electrons. The molecule has 16 nitrogen and oxygen atoms in total. The normalized spacial score (nSPS) is 17.7. The lowest BCUT2D eigenvalue weighted by molar-refractivity contribution is -0.384. The molecule has 4 aromatic carbocycles. The lowest BCUT2D eigenvalue weighted by atomic mass is 9.80. The van der Waals surface area contributed by atoms with Crippen LogP contribution >= 0.6 is 0 Å². The fourth-order valence-corrected chi connectivity index (χ4v) is 14.9. The number of ether oxygens (including phenoxy) is 6. The van der Waals surface area contributed by atoms with Crippen LogP contribution in [0.1, 0.15) is 70.0 Å². The largest absolute Gasteiger partial charge is 0.497 e. The van der Waals surface area contributed by atoms with Gasteiger partial charge in [-0.2, -0.15) is 9.97 Å². The number of anilines is 1. The molecular formula is C50H62N6O10Si. The molecule has 1 fully saturated rings.